The number of rotatable bonds is 5. The summed E-state index contributed by atoms with van der Waals surface area (Å²) in [5.41, 5.74) is 2.89. The van der Waals surface area contributed by atoms with Crippen LogP contribution in [0.2, 0.25) is 0 Å². The molecular weight excluding hydrogens is 288 g/mol. The van der Waals surface area contributed by atoms with Gasteiger partial charge in [0.25, 0.3) is 0 Å². The predicted molar refractivity (Wildman–Crippen MR) is 93.0 cm³/mol. The average Bonchev–Trinajstić information content (AvgIpc) is 3.04. The Bertz CT molecular complexity index is 823. The van der Waals surface area contributed by atoms with Crippen LogP contribution in [0.4, 0.5) is 5.69 Å². The number of carbonyl (C=O) groups excluding carboxylic acids is 1. The lowest BCUT2D eigenvalue weighted by molar-refractivity contribution is -0.116. The number of amides is 1. The molecule has 0 aliphatic carbocycles. The molecule has 0 spiro atoms. The highest BCUT2D eigenvalue weighted by molar-refractivity contribution is 6.01. The van der Waals surface area contributed by atoms with Crippen molar-refractivity contribution in [2.75, 3.05) is 12.4 Å². The molecule has 1 amide bonds. The summed E-state index contributed by atoms with van der Waals surface area (Å²) in [6, 6.07) is 15.6. The Morgan fingerprint density at radius 2 is 2.00 bits per heavy atom. The number of aromatic amines is 1. The first-order valence-corrected chi connectivity index (χ1v) is 7.68. The van der Waals surface area contributed by atoms with Gasteiger partial charge >= 0.3 is 0 Å². The Kier molecular flexibility index (Phi) is 4.33. The number of fused-ring (bicyclic) bond motifs is 1. The van der Waals surface area contributed by atoms with Crippen LogP contribution >= 0.6 is 0 Å². The van der Waals surface area contributed by atoms with E-state index in [0.29, 0.717) is 6.42 Å². The van der Waals surface area contributed by atoms with Crippen molar-refractivity contribution in [3.05, 3.63) is 60.3 Å². The van der Waals surface area contributed by atoms with Crippen LogP contribution in [-0.4, -0.2) is 18.0 Å². The Labute approximate surface area is 135 Å². The standard InChI is InChI=1S/C19H20N2O2/c1-13(14-6-3-4-9-18(14)23-2)12-19(22)21-17-8-5-7-16-15(17)10-11-20-16/h3-11,13,20H,12H2,1-2H3,(H,21,22). The molecule has 2 N–H and O–H groups in total. The van der Waals surface area contributed by atoms with Crippen molar-refractivity contribution in [2.24, 2.45) is 0 Å². The number of ether oxygens (including phenoxy) is 1. The molecule has 2 aromatic carbocycles. The zero-order chi connectivity index (χ0) is 16.2. The summed E-state index contributed by atoms with van der Waals surface area (Å²) < 4.78 is 5.38. The summed E-state index contributed by atoms with van der Waals surface area (Å²) in [5, 5.41) is 4.03. The second-order valence-electron chi connectivity index (χ2n) is 5.64. The van der Waals surface area contributed by atoms with Crippen molar-refractivity contribution in [1.29, 1.82) is 0 Å². The summed E-state index contributed by atoms with van der Waals surface area (Å²) in [5.74, 6) is 0.897. The summed E-state index contributed by atoms with van der Waals surface area (Å²) in [6.07, 6.45) is 2.28. The number of methoxy groups -OCH3 is 1. The van der Waals surface area contributed by atoms with E-state index in [-0.39, 0.29) is 11.8 Å². The molecule has 0 aliphatic rings. The fourth-order valence-electron chi connectivity index (χ4n) is 2.86. The molecular formula is C19H20N2O2. The van der Waals surface area contributed by atoms with Gasteiger partial charge in [0.1, 0.15) is 5.75 Å². The zero-order valence-electron chi connectivity index (χ0n) is 13.3. The summed E-state index contributed by atoms with van der Waals surface area (Å²) in [6.45, 7) is 2.04. The minimum Gasteiger partial charge on any atom is -0.496 e. The van der Waals surface area contributed by atoms with Crippen molar-refractivity contribution >= 4 is 22.5 Å². The quantitative estimate of drug-likeness (QED) is 0.738. The second kappa shape index (κ2) is 6.57. The van der Waals surface area contributed by atoms with Crippen molar-refractivity contribution in [1.82, 2.24) is 4.98 Å². The lowest BCUT2D eigenvalue weighted by Crippen LogP contribution is -2.15. The molecule has 0 bridgehead atoms. The van der Waals surface area contributed by atoms with E-state index in [9.17, 15) is 4.79 Å². The third kappa shape index (κ3) is 3.21. The van der Waals surface area contributed by atoms with Crippen LogP contribution < -0.4 is 10.1 Å². The molecule has 3 aromatic rings. The first-order valence-electron chi connectivity index (χ1n) is 7.68. The van der Waals surface area contributed by atoms with Gasteiger partial charge in [-0.05, 0) is 35.7 Å². The van der Waals surface area contributed by atoms with Crippen LogP contribution in [0.1, 0.15) is 24.8 Å². The van der Waals surface area contributed by atoms with E-state index >= 15 is 0 Å². The van der Waals surface area contributed by atoms with E-state index in [1.165, 1.54) is 0 Å². The lowest BCUT2D eigenvalue weighted by Gasteiger charge is -2.15. The van der Waals surface area contributed by atoms with Crippen LogP contribution in [0, 0.1) is 0 Å². The third-order valence-corrected chi connectivity index (χ3v) is 4.03. The predicted octanol–water partition coefficient (Wildman–Crippen LogP) is 4.31. The van der Waals surface area contributed by atoms with Crippen molar-refractivity contribution < 1.29 is 9.53 Å². The summed E-state index contributed by atoms with van der Waals surface area (Å²) in [4.78, 5) is 15.5. The van der Waals surface area contributed by atoms with Crippen molar-refractivity contribution in [3.8, 4) is 5.75 Å². The van der Waals surface area contributed by atoms with Crippen LogP contribution in [0.3, 0.4) is 0 Å². The van der Waals surface area contributed by atoms with Gasteiger partial charge < -0.3 is 15.0 Å². The van der Waals surface area contributed by atoms with Gasteiger partial charge in [0, 0.05) is 23.5 Å². The molecule has 1 atom stereocenters. The minimum absolute atomic E-state index is 0.00268. The molecule has 4 nitrogen and oxygen atoms in total. The number of aromatic nitrogens is 1. The molecule has 0 saturated heterocycles. The summed E-state index contributed by atoms with van der Waals surface area (Å²) >= 11 is 0. The molecule has 4 heteroatoms. The second-order valence-corrected chi connectivity index (χ2v) is 5.64. The number of carbonyl (C=O) groups is 1. The largest absolute Gasteiger partial charge is 0.496 e. The molecule has 1 heterocycles. The number of anilines is 1. The maximum atomic E-state index is 12.4. The van der Waals surface area contributed by atoms with Gasteiger partial charge in [0.05, 0.1) is 12.8 Å². The smallest absolute Gasteiger partial charge is 0.224 e. The SMILES string of the molecule is COc1ccccc1C(C)CC(=O)Nc1cccc2[nH]ccc12. The van der Waals surface area contributed by atoms with Gasteiger partial charge in [-0.1, -0.05) is 31.2 Å². The third-order valence-electron chi connectivity index (χ3n) is 4.03. The van der Waals surface area contributed by atoms with Crippen LogP contribution in [0.25, 0.3) is 10.9 Å². The molecule has 0 radical (unpaired) electrons. The van der Waals surface area contributed by atoms with E-state index in [1.54, 1.807) is 7.11 Å². The maximum absolute atomic E-state index is 12.4. The first-order chi connectivity index (χ1) is 11.2. The fraction of sp³-hybridized carbons (Fsp3) is 0.211. The molecule has 0 fully saturated rings. The normalized spacial score (nSPS) is 12.1. The van der Waals surface area contributed by atoms with Crippen molar-refractivity contribution in [3.63, 3.8) is 0 Å². The highest BCUT2D eigenvalue weighted by Gasteiger charge is 2.15. The fourth-order valence-corrected chi connectivity index (χ4v) is 2.86. The lowest BCUT2D eigenvalue weighted by atomic mass is 9.96. The Morgan fingerprint density at radius 1 is 1.17 bits per heavy atom. The highest BCUT2D eigenvalue weighted by atomic mass is 16.5. The van der Waals surface area contributed by atoms with Gasteiger partial charge in [-0.15, -0.1) is 0 Å². The number of hydrogen-bond donors (Lipinski definition) is 2. The van der Waals surface area contributed by atoms with Gasteiger partial charge in [-0.25, -0.2) is 0 Å². The monoisotopic (exact) mass is 308 g/mol. The number of H-pyrrole nitrogens is 1. The number of hydrogen-bond acceptors (Lipinski definition) is 2. The maximum Gasteiger partial charge on any atom is 0.224 e. The van der Waals surface area contributed by atoms with E-state index in [4.69, 9.17) is 4.74 Å². The summed E-state index contributed by atoms with van der Waals surface area (Å²) in [7, 11) is 1.65. The molecule has 23 heavy (non-hydrogen) atoms. The van der Waals surface area contributed by atoms with Gasteiger partial charge in [0.2, 0.25) is 5.91 Å². The van der Waals surface area contributed by atoms with E-state index in [1.807, 2.05) is 61.7 Å². The van der Waals surface area contributed by atoms with E-state index in [2.05, 4.69) is 10.3 Å². The van der Waals surface area contributed by atoms with Crippen LogP contribution in [-0.2, 0) is 4.79 Å². The minimum atomic E-state index is -0.00268. The van der Waals surface area contributed by atoms with Crippen LogP contribution in [0.5, 0.6) is 5.75 Å². The number of benzene rings is 2. The van der Waals surface area contributed by atoms with Crippen LogP contribution in [0.15, 0.2) is 54.7 Å². The molecule has 1 unspecified atom stereocenters. The van der Waals surface area contributed by atoms with E-state index in [0.717, 1.165) is 27.9 Å². The Morgan fingerprint density at radius 3 is 2.83 bits per heavy atom. The van der Waals surface area contributed by atoms with E-state index < -0.39 is 0 Å². The average molecular weight is 308 g/mol. The molecule has 118 valence electrons. The Hall–Kier alpha value is -2.75. The highest BCUT2D eigenvalue weighted by Crippen LogP contribution is 2.29. The number of para-hydroxylation sites is 1. The van der Waals surface area contributed by atoms with Gasteiger partial charge in [-0.3, -0.25) is 4.79 Å². The topological polar surface area (TPSA) is 54.1 Å². The molecule has 0 saturated carbocycles. The first kappa shape index (κ1) is 15.2. The van der Waals surface area contributed by atoms with Gasteiger partial charge in [0.15, 0.2) is 0 Å². The zero-order valence-corrected chi connectivity index (χ0v) is 13.3. The number of nitrogens with one attached hydrogen (secondary N) is 2. The molecule has 0 aliphatic heterocycles. The van der Waals surface area contributed by atoms with Crippen molar-refractivity contribution in [2.45, 2.75) is 19.3 Å². The molecule has 3 rings (SSSR count). The Balaban J connectivity index is 1.73. The van der Waals surface area contributed by atoms with Gasteiger partial charge in [-0.2, -0.15) is 0 Å². The molecule has 1 aromatic heterocycles.